The zero-order valence-corrected chi connectivity index (χ0v) is 4.35. The molecule has 1 saturated carbocycles. The van der Waals surface area contributed by atoms with Crippen LogP contribution in [0.5, 0.6) is 0 Å². The van der Waals surface area contributed by atoms with E-state index in [1.165, 1.54) is 0 Å². The van der Waals surface area contributed by atoms with E-state index in [0.29, 0.717) is 12.2 Å². The molecule has 2 nitrogen and oxygen atoms in total. The molecule has 7 heavy (non-hydrogen) atoms. The van der Waals surface area contributed by atoms with E-state index < -0.39 is 0 Å². The topological polar surface area (TPSA) is 43.1 Å². The van der Waals surface area contributed by atoms with Crippen molar-refractivity contribution in [3.8, 4) is 0 Å². The van der Waals surface area contributed by atoms with Crippen LogP contribution in [0.25, 0.3) is 0 Å². The van der Waals surface area contributed by atoms with E-state index in [2.05, 4.69) is 0 Å². The molecule has 0 radical (unpaired) electrons. The Morgan fingerprint density at radius 1 is 1.86 bits per heavy atom. The van der Waals surface area contributed by atoms with Crippen LogP contribution in [0.4, 0.5) is 0 Å². The molecular formula is C5H9NO. The maximum Gasteiger partial charge on any atom is 0.138 e. The predicted octanol–water partition coefficient (Wildman–Crippen LogP) is -0.0774. The molecule has 0 spiro atoms. The van der Waals surface area contributed by atoms with Gasteiger partial charge in [-0.25, -0.2) is 0 Å². The zero-order chi connectivity index (χ0) is 5.44. The molecule has 2 N–H and O–H groups in total. The maximum atomic E-state index is 10.4. The molecule has 1 rings (SSSR count). The first-order valence-electron chi connectivity index (χ1n) is 2.50. The van der Waals surface area contributed by atoms with Gasteiger partial charge < -0.3 is 5.73 Å². The summed E-state index contributed by atoms with van der Waals surface area (Å²) in [5, 5.41) is 0. The minimum atomic E-state index is 0.139. The Bertz CT molecular complexity index is 100. The highest BCUT2D eigenvalue weighted by Crippen LogP contribution is 2.19. The van der Waals surface area contributed by atoms with Gasteiger partial charge in [0, 0.05) is 18.4 Å². The van der Waals surface area contributed by atoms with Gasteiger partial charge in [-0.15, -0.1) is 0 Å². The van der Waals surface area contributed by atoms with E-state index in [1.807, 2.05) is 6.92 Å². The third-order valence-corrected chi connectivity index (χ3v) is 1.59. The van der Waals surface area contributed by atoms with Crippen LogP contribution in [0.1, 0.15) is 13.3 Å². The Kier molecular flexibility index (Phi) is 0.889. The number of carbonyl (C=O) groups is 1. The first-order valence-corrected chi connectivity index (χ1v) is 2.50. The number of hydrogen-bond donors (Lipinski definition) is 1. The summed E-state index contributed by atoms with van der Waals surface area (Å²) in [6.45, 7) is 1.87. The fourth-order valence-electron chi connectivity index (χ4n) is 0.673. The average Bonchev–Trinajstić information content (AvgIpc) is 1.68. The number of ketones is 1. The van der Waals surface area contributed by atoms with Crippen molar-refractivity contribution in [2.24, 2.45) is 11.7 Å². The van der Waals surface area contributed by atoms with E-state index in [9.17, 15) is 4.79 Å². The van der Waals surface area contributed by atoms with E-state index >= 15 is 0 Å². The van der Waals surface area contributed by atoms with Gasteiger partial charge in [-0.05, 0) is 0 Å². The molecular weight excluding hydrogens is 90.1 g/mol. The van der Waals surface area contributed by atoms with E-state index in [4.69, 9.17) is 5.73 Å². The summed E-state index contributed by atoms with van der Waals surface area (Å²) in [7, 11) is 0. The highest BCUT2D eigenvalue weighted by molar-refractivity contribution is 5.88. The summed E-state index contributed by atoms with van der Waals surface area (Å²) in [4.78, 5) is 10.4. The van der Waals surface area contributed by atoms with Gasteiger partial charge in [-0.3, -0.25) is 4.79 Å². The number of rotatable bonds is 0. The molecule has 0 aromatic heterocycles. The van der Waals surface area contributed by atoms with Crippen LogP contribution >= 0.6 is 0 Å². The third kappa shape index (κ3) is 0.548. The van der Waals surface area contributed by atoms with Gasteiger partial charge in [0.05, 0.1) is 0 Å². The molecule has 1 aliphatic carbocycles. The molecule has 0 heterocycles. The van der Waals surface area contributed by atoms with Crippen LogP contribution in [0.2, 0.25) is 0 Å². The van der Waals surface area contributed by atoms with Gasteiger partial charge in [-0.1, -0.05) is 6.92 Å². The van der Waals surface area contributed by atoms with Crippen LogP contribution in [0.15, 0.2) is 0 Å². The molecule has 2 unspecified atom stereocenters. The fraction of sp³-hybridized carbons (Fsp3) is 0.800. The number of Topliss-reactive ketones (excluding diaryl/α,β-unsaturated/α-hetero) is 1. The van der Waals surface area contributed by atoms with Crippen molar-refractivity contribution in [3.63, 3.8) is 0 Å². The number of carbonyl (C=O) groups excluding carboxylic acids is 1. The van der Waals surface area contributed by atoms with Crippen molar-refractivity contribution < 1.29 is 4.79 Å². The van der Waals surface area contributed by atoms with E-state index in [0.717, 1.165) is 0 Å². The molecule has 2 heteroatoms. The lowest BCUT2D eigenvalue weighted by Crippen LogP contribution is -2.45. The van der Waals surface area contributed by atoms with Crippen LogP contribution in [-0.2, 0) is 4.79 Å². The monoisotopic (exact) mass is 99.1 g/mol. The van der Waals surface area contributed by atoms with Gasteiger partial charge in [-0.2, -0.15) is 0 Å². The lowest BCUT2D eigenvalue weighted by molar-refractivity contribution is -0.129. The Labute approximate surface area is 42.7 Å². The molecule has 0 aliphatic heterocycles. The second-order valence-electron chi connectivity index (χ2n) is 2.12. The normalized spacial score (nSPS) is 40.6. The quantitative estimate of drug-likeness (QED) is 0.461. The molecule has 1 fully saturated rings. The minimum Gasteiger partial charge on any atom is -0.327 e. The second-order valence-corrected chi connectivity index (χ2v) is 2.12. The van der Waals surface area contributed by atoms with Crippen molar-refractivity contribution in [3.05, 3.63) is 0 Å². The van der Waals surface area contributed by atoms with Gasteiger partial charge in [0.2, 0.25) is 0 Å². The Balaban J connectivity index is 2.43. The molecule has 0 amide bonds. The maximum absolute atomic E-state index is 10.4. The Morgan fingerprint density at radius 3 is 2.43 bits per heavy atom. The first-order chi connectivity index (χ1) is 3.22. The second kappa shape index (κ2) is 1.30. The molecule has 0 aromatic rings. The Morgan fingerprint density at radius 2 is 2.43 bits per heavy atom. The van der Waals surface area contributed by atoms with Gasteiger partial charge in [0.15, 0.2) is 0 Å². The van der Waals surface area contributed by atoms with Crippen molar-refractivity contribution in [2.45, 2.75) is 19.4 Å². The number of hydrogen-bond acceptors (Lipinski definition) is 2. The summed E-state index contributed by atoms with van der Waals surface area (Å²) in [5.41, 5.74) is 5.39. The lowest BCUT2D eigenvalue weighted by atomic mass is 9.80. The molecule has 1 aliphatic rings. The van der Waals surface area contributed by atoms with Crippen LogP contribution < -0.4 is 5.73 Å². The largest absolute Gasteiger partial charge is 0.327 e. The standard InChI is InChI=1S/C5H9NO/c1-3-4(6)2-5(3)7/h3-4H,2,6H2,1H3. The zero-order valence-electron chi connectivity index (χ0n) is 4.35. The van der Waals surface area contributed by atoms with Crippen LogP contribution in [0, 0.1) is 5.92 Å². The summed E-state index contributed by atoms with van der Waals surface area (Å²) >= 11 is 0. The van der Waals surface area contributed by atoms with Crippen molar-refractivity contribution in [1.82, 2.24) is 0 Å². The van der Waals surface area contributed by atoms with Crippen molar-refractivity contribution >= 4 is 5.78 Å². The third-order valence-electron chi connectivity index (χ3n) is 1.59. The SMILES string of the molecule is CC1C(=O)CC1N. The summed E-state index contributed by atoms with van der Waals surface area (Å²) in [5.74, 6) is 0.451. The smallest absolute Gasteiger partial charge is 0.138 e. The van der Waals surface area contributed by atoms with Crippen LogP contribution in [-0.4, -0.2) is 11.8 Å². The number of nitrogens with two attached hydrogens (primary N) is 1. The van der Waals surface area contributed by atoms with Gasteiger partial charge >= 0.3 is 0 Å². The molecule has 40 valence electrons. The van der Waals surface area contributed by atoms with Crippen molar-refractivity contribution in [2.75, 3.05) is 0 Å². The Hall–Kier alpha value is -0.370. The average molecular weight is 99.1 g/mol. The molecule has 2 atom stereocenters. The molecule has 0 aromatic carbocycles. The van der Waals surface area contributed by atoms with Crippen molar-refractivity contribution in [1.29, 1.82) is 0 Å². The van der Waals surface area contributed by atoms with E-state index in [-0.39, 0.29) is 12.0 Å². The molecule has 0 saturated heterocycles. The highest BCUT2D eigenvalue weighted by atomic mass is 16.1. The first kappa shape index (κ1) is 4.78. The highest BCUT2D eigenvalue weighted by Gasteiger charge is 2.32. The predicted molar refractivity (Wildman–Crippen MR) is 26.8 cm³/mol. The minimum absolute atomic E-state index is 0.139. The van der Waals surface area contributed by atoms with Gasteiger partial charge in [0.25, 0.3) is 0 Å². The lowest BCUT2D eigenvalue weighted by Gasteiger charge is -2.27. The van der Waals surface area contributed by atoms with E-state index in [1.54, 1.807) is 0 Å². The summed E-state index contributed by atoms with van der Waals surface area (Å²) < 4.78 is 0. The summed E-state index contributed by atoms with van der Waals surface area (Å²) in [6.07, 6.45) is 0.598. The van der Waals surface area contributed by atoms with Gasteiger partial charge in [0.1, 0.15) is 5.78 Å². The van der Waals surface area contributed by atoms with Crippen LogP contribution in [0.3, 0.4) is 0 Å². The summed E-state index contributed by atoms with van der Waals surface area (Å²) in [6, 6.07) is 0.160. The fourth-order valence-corrected chi connectivity index (χ4v) is 0.673. The molecule has 0 bridgehead atoms.